The molecular formula is C25H20Br2N4O3. The van der Waals surface area contributed by atoms with Crippen LogP contribution in [0.5, 0.6) is 0 Å². The van der Waals surface area contributed by atoms with Crippen LogP contribution < -0.4 is 16.1 Å². The number of aromatic nitrogens is 1. The fourth-order valence-corrected chi connectivity index (χ4v) is 4.01. The van der Waals surface area contributed by atoms with Crippen molar-refractivity contribution < 1.29 is 14.4 Å². The zero-order chi connectivity index (χ0) is 24.2. The topological polar surface area (TPSA) is 92.2 Å². The van der Waals surface area contributed by atoms with E-state index in [1.54, 1.807) is 54.6 Å². The number of anilines is 2. The van der Waals surface area contributed by atoms with Crippen LogP contribution in [0.15, 0.2) is 81.7 Å². The van der Waals surface area contributed by atoms with Crippen LogP contribution in [0.3, 0.4) is 0 Å². The number of rotatable bonds is 5. The third kappa shape index (κ3) is 5.37. The van der Waals surface area contributed by atoms with Gasteiger partial charge >= 0.3 is 11.8 Å². The maximum absolute atomic E-state index is 13.1. The van der Waals surface area contributed by atoms with Gasteiger partial charge in [-0.2, -0.15) is 0 Å². The third-order valence-corrected chi connectivity index (χ3v) is 6.16. The van der Waals surface area contributed by atoms with Gasteiger partial charge in [0.05, 0.1) is 5.52 Å². The Bertz CT molecular complexity index is 1380. The van der Waals surface area contributed by atoms with Crippen LogP contribution in [-0.4, -0.2) is 22.4 Å². The first-order chi connectivity index (χ1) is 16.3. The second-order valence-electron chi connectivity index (χ2n) is 7.47. The summed E-state index contributed by atoms with van der Waals surface area (Å²) < 4.78 is 3.02. The molecule has 0 aliphatic heterocycles. The highest BCUT2D eigenvalue weighted by atomic mass is 79.9. The molecular weight excluding hydrogens is 564 g/mol. The first kappa shape index (κ1) is 23.7. The molecule has 0 aliphatic carbocycles. The van der Waals surface area contributed by atoms with Gasteiger partial charge < -0.3 is 10.6 Å². The molecule has 0 bridgehead atoms. The van der Waals surface area contributed by atoms with Crippen LogP contribution in [0.4, 0.5) is 11.4 Å². The number of amides is 3. The predicted octanol–water partition coefficient (Wildman–Crippen LogP) is 5.69. The van der Waals surface area contributed by atoms with Gasteiger partial charge in [-0.1, -0.05) is 50.9 Å². The zero-order valence-electron chi connectivity index (χ0n) is 18.1. The summed E-state index contributed by atoms with van der Waals surface area (Å²) >= 11 is 6.78. The fourth-order valence-electron chi connectivity index (χ4n) is 3.37. The second-order valence-corrected chi connectivity index (χ2v) is 9.31. The summed E-state index contributed by atoms with van der Waals surface area (Å²) in [5.41, 5.74) is 5.51. The van der Waals surface area contributed by atoms with Gasteiger partial charge in [-0.15, -0.1) is 0 Å². The van der Waals surface area contributed by atoms with Gasteiger partial charge in [0.15, 0.2) is 0 Å². The molecule has 0 fully saturated rings. The van der Waals surface area contributed by atoms with Crippen LogP contribution in [0.25, 0.3) is 10.9 Å². The van der Waals surface area contributed by atoms with Gasteiger partial charge in [-0.05, 0) is 72.6 Å². The lowest BCUT2D eigenvalue weighted by molar-refractivity contribution is -0.133. The summed E-state index contributed by atoms with van der Waals surface area (Å²) in [6.07, 6.45) is 0.872. The Hall–Kier alpha value is -3.43. The smallest absolute Gasteiger partial charge is 0.321 e. The minimum Gasteiger partial charge on any atom is -0.321 e. The van der Waals surface area contributed by atoms with E-state index in [9.17, 15) is 14.4 Å². The molecule has 0 radical (unpaired) electrons. The number of hydrogen-bond acceptors (Lipinski definition) is 3. The number of benzene rings is 3. The number of fused-ring (bicyclic) bond motifs is 1. The summed E-state index contributed by atoms with van der Waals surface area (Å²) in [4.78, 5) is 38.3. The highest BCUT2D eigenvalue weighted by molar-refractivity contribution is 9.10. The van der Waals surface area contributed by atoms with Crippen LogP contribution >= 0.6 is 31.9 Å². The van der Waals surface area contributed by atoms with E-state index in [1.807, 2.05) is 25.1 Å². The lowest BCUT2D eigenvalue weighted by Gasteiger charge is -2.13. The molecule has 3 amide bonds. The van der Waals surface area contributed by atoms with Crippen molar-refractivity contribution >= 4 is 71.9 Å². The highest BCUT2D eigenvalue weighted by Crippen LogP contribution is 2.24. The minimum absolute atomic E-state index is 0.171. The molecule has 0 aliphatic rings. The van der Waals surface area contributed by atoms with E-state index in [2.05, 4.69) is 47.9 Å². The number of carbonyl (C=O) groups excluding carboxylic acids is 3. The number of carbonyl (C=O) groups is 3. The Labute approximate surface area is 212 Å². The van der Waals surface area contributed by atoms with Gasteiger partial charge in [0.25, 0.3) is 5.91 Å². The molecule has 0 spiro atoms. The van der Waals surface area contributed by atoms with Crippen molar-refractivity contribution in [2.24, 2.45) is 0 Å². The molecule has 0 saturated carbocycles. The van der Waals surface area contributed by atoms with E-state index in [1.165, 1.54) is 4.68 Å². The van der Waals surface area contributed by atoms with Gasteiger partial charge in [-0.25, -0.2) is 4.68 Å². The Kier molecular flexibility index (Phi) is 7.14. The van der Waals surface area contributed by atoms with Gasteiger partial charge in [0.2, 0.25) is 0 Å². The maximum atomic E-state index is 13.1. The Morgan fingerprint density at radius 3 is 2.06 bits per heavy atom. The Balaban J connectivity index is 1.59. The molecule has 0 atom stereocenters. The summed E-state index contributed by atoms with van der Waals surface area (Å²) in [5, 5.41) is 6.10. The van der Waals surface area contributed by atoms with E-state index >= 15 is 0 Å². The van der Waals surface area contributed by atoms with Crippen LogP contribution in [0.1, 0.15) is 23.0 Å². The first-order valence-corrected chi connectivity index (χ1v) is 12.0. The summed E-state index contributed by atoms with van der Waals surface area (Å²) in [5.74, 6) is -2.19. The van der Waals surface area contributed by atoms with E-state index < -0.39 is 17.7 Å². The molecule has 3 aromatic carbocycles. The van der Waals surface area contributed by atoms with Crippen molar-refractivity contribution in [2.75, 3.05) is 16.1 Å². The van der Waals surface area contributed by atoms with Gasteiger partial charge in [-0.3, -0.25) is 19.8 Å². The second kappa shape index (κ2) is 10.2. The van der Waals surface area contributed by atoms with E-state index in [0.29, 0.717) is 22.3 Å². The van der Waals surface area contributed by atoms with Gasteiger partial charge in [0.1, 0.15) is 5.69 Å². The highest BCUT2D eigenvalue weighted by Gasteiger charge is 2.21. The molecule has 3 N–H and O–H groups in total. The number of hydrogen-bond donors (Lipinski definition) is 3. The maximum Gasteiger partial charge on any atom is 0.328 e. The Morgan fingerprint density at radius 1 is 0.765 bits per heavy atom. The normalized spacial score (nSPS) is 10.7. The quantitative estimate of drug-likeness (QED) is 0.264. The molecule has 0 unspecified atom stereocenters. The standard InChI is InChI=1S/C25H20Br2N4O3/c1-2-15-3-8-19(9-4-15)29-24(33)25(34)30-31-21-12-7-18(27)13-16(21)14-22(31)23(32)28-20-10-5-17(26)6-11-20/h3-14H,2H2,1H3,(H,28,32)(H,29,33)(H,30,34). The average molecular weight is 584 g/mol. The van der Waals surface area contributed by atoms with Crippen LogP contribution in [0, 0.1) is 0 Å². The largest absolute Gasteiger partial charge is 0.328 e. The van der Waals surface area contributed by atoms with Crippen molar-refractivity contribution in [3.8, 4) is 0 Å². The van der Waals surface area contributed by atoms with E-state index in [4.69, 9.17) is 0 Å². The number of halogens is 2. The van der Waals surface area contributed by atoms with Crippen molar-refractivity contribution in [1.29, 1.82) is 0 Å². The fraction of sp³-hybridized carbons (Fsp3) is 0.0800. The third-order valence-electron chi connectivity index (χ3n) is 5.14. The van der Waals surface area contributed by atoms with Crippen molar-refractivity contribution in [2.45, 2.75) is 13.3 Å². The summed E-state index contributed by atoms with van der Waals surface area (Å²) in [6, 6.07) is 21.4. The zero-order valence-corrected chi connectivity index (χ0v) is 21.2. The molecule has 0 saturated heterocycles. The SMILES string of the molecule is CCc1ccc(NC(=O)C(=O)Nn2c(C(=O)Nc3ccc(Br)cc3)cc3cc(Br)ccc32)cc1. The number of aryl methyl sites for hydroxylation is 1. The molecule has 7 nitrogen and oxygen atoms in total. The number of nitrogens with one attached hydrogen (secondary N) is 3. The van der Waals surface area contributed by atoms with Crippen molar-refractivity contribution in [3.63, 3.8) is 0 Å². The molecule has 34 heavy (non-hydrogen) atoms. The lowest BCUT2D eigenvalue weighted by atomic mass is 10.1. The molecule has 172 valence electrons. The predicted molar refractivity (Wildman–Crippen MR) is 141 cm³/mol. The van der Waals surface area contributed by atoms with Gasteiger partial charge in [0, 0.05) is 25.7 Å². The first-order valence-electron chi connectivity index (χ1n) is 10.4. The van der Waals surface area contributed by atoms with Crippen LogP contribution in [-0.2, 0) is 16.0 Å². The molecule has 9 heteroatoms. The van der Waals surface area contributed by atoms with E-state index in [-0.39, 0.29) is 5.69 Å². The average Bonchev–Trinajstić information content (AvgIpc) is 3.18. The van der Waals surface area contributed by atoms with Crippen molar-refractivity contribution in [1.82, 2.24) is 4.68 Å². The lowest BCUT2D eigenvalue weighted by Crippen LogP contribution is -2.36. The molecule has 1 heterocycles. The summed E-state index contributed by atoms with van der Waals surface area (Å²) in [6.45, 7) is 2.03. The molecule has 4 aromatic rings. The summed E-state index contributed by atoms with van der Waals surface area (Å²) in [7, 11) is 0. The monoisotopic (exact) mass is 582 g/mol. The Morgan fingerprint density at radius 2 is 1.38 bits per heavy atom. The molecule has 4 rings (SSSR count). The number of nitrogens with zero attached hydrogens (tertiary/aromatic N) is 1. The van der Waals surface area contributed by atoms with Crippen LogP contribution in [0.2, 0.25) is 0 Å². The molecule has 1 aromatic heterocycles. The van der Waals surface area contributed by atoms with Crippen molar-refractivity contribution in [3.05, 3.63) is 93.0 Å². The minimum atomic E-state index is -0.905. The van der Waals surface area contributed by atoms with E-state index in [0.717, 1.165) is 20.9 Å².